The maximum absolute atomic E-state index is 11.4. The smallest absolute Gasteiger partial charge is 0.407 e. The summed E-state index contributed by atoms with van der Waals surface area (Å²) in [5.41, 5.74) is 4.94. The minimum absolute atomic E-state index is 0.151. The van der Waals surface area contributed by atoms with E-state index < -0.39 is 16.6 Å². The molecule has 0 saturated carbocycles. The Bertz CT molecular complexity index is 626. The minimum atomic E-state index is -0.614. The fourth-order valence-corrected chi connectivity index (χ4v) is 1.38. The van der Waals surface area contributed by atoms with Gasteiger partial charge in [0.25, 0.3) is 0 Å². The van der Waals surface area contributed by atoms with Crippen molar-refractivity contribution in [3.8, 4) is 11.8 Å². The Balaban J connectivity index is 2.50. The zero-order valence-electron chi connectivity index (χ0n) is 12.7. The summed E-state index contributed by atoms with van der Waals surface area (Å²) in [6.45, 7) is 5.63. The van der Waals surface area contributed by atoms with E-state index in [4.69, 9.17) is 10.5 Å². The lowest BCUT2D eigenvalue weighted by Crippen LogP contribution is -2.32. The van der Waals surface area contributed by atoms with Crippen molar-refractivity contribution in [2.24, 2.45) is 0 Å². The summed E-state index contributed by atoms with van der Waals surface area (Å²) in [6, 6.07) is 1.26. The predicted octanol–water partition coefficient (Wildman–Crippen LogP) is 1.84. The number of anilines is 1. The molecule has 0 radical (unpaired) electrons. The first-order chi connectivity index (χ1) is 10.2. The molecule has 0 unspecified atom stereocenters. The van der Waals surface area contributed by atoms with Crippen LogP contribution in [0, 0.1) is 22.0 Å². The number of nitrogens with two attached hydrogens (primary N) is 1. The molecule has 1 aromatic rings. The van der Waals surface area contributed by atoms with Crippen molar-refractivity contribution in [1.82, 2.24) is 10.3 Å². The predicted molar refractivity (Wildman–Crippen MR) is 81.0 cm³/mol. The van der Waals surface area contributed by atoms with Crippen LogP contribution in [0.25, 0.3) is 0 Å². The minimum Gasteiger partial charge on any atom is -0.444 e. The molecule has 22 heavy (non-hydrogen) atoms. The molecule has 1 amide bonds. The van der Waals surface area contributed by atoms with Crippen molar-refractivity contribution < 1.29 is 14.5 Å². The molecule has 8 heteroatoms. The Kier molecular flexibility index (Phi) is 5.69. The molecule has 0 atom stereocenters. The van der Waals surface area contributed by atoms with E-state index in [1.165, 1.54) is 12.3 Å². The summed E-state index contributed by atoms with van der Waals surface area (Å²) in [5.74, 6) is 5.36. The van der Waals surface area contributed by atoms with Crippen LogP contribution in [-0.4, -0.2) is 28.1 Å². The summed E-state index contributed by atoms with van der Waals surface area (Å²) in [7, 11) is 0. The molecule has 0 spiro atoms. The lowest BCUT2D eigenvalue weighted by atomic mass is 10.2. The molecule has 0 bridgehead atoms. The molecule has 3 N–H and O–H groups in total. The van der Waals surface area contributed by atoms with E-state index in [2.05, 4.69) is 22.1 Å². The van der Waals surface area contributed by atoms with Crippen molar-refractivity contribution >= 4 is 17.6 Å². The summed E-state index contributed by atoms with van der Waals surface area (Å²) in [6.07, 6.45) is 1.22. The number of carbonyl (C=O) groups excluding carboxylic acids is 1. The maximum atomic E-state index is 11.4. The molecule has 118 valence electrons. The number of hydrogen-bond acceptors (Lipinski definition) is 6. The first kappa shape index (κ1) is 17.2. The van der Waals surface area contributed by atoms with Crippen LogP contribution in [0.3, 0.4) is 0 Å². The van der Waals surface area contributed by atoms with E-state index in [0.717, 1.165) is 0 Å². The van der Waals surface area contributed by atoms with E-state index in [-0.39, 0.29) is 11.5 Å². The third kappa shape index (κ3) is 6.09. The van der Waals surface area contributed by atoms with Crippen LogP contribution in [0.4, 0.5) is 16.3 Å². The van der Waals surface area contributed by atoms with E-state index in [1.54, 1.807) is 20.8 Å². The molecule has 0 aliphatic rings. The van der Waals surface area contributed by atoms with Gasteiger partial charge in [-0.05, 0) is 20.8 Å². The first-order valence-electron chi connectivity index (χ1n) is 6.54. The summed E-state index contributed by atoms with van der Waals surface area (Å²) < 4.78 is 5.06. The Morgan fingerprint density at radius 2 is 2.23 bits per heavy atom. The van der Waals surface area contributed by atoms with E-state index in [0.29, 0.717) is 18.5 Å². The van der Waals surface area contributed by atoms with Crippen LogP contribution in [0.2, 0.25) is 0 Å². The second kappa shape index (κ2) is 7.26. The average Bonchev–Trinajstić information content (AvgIpc) is 2.37. The topological polar surface area (TPSA) is 120 Å². The molecule has 0 aliphatic carbocycles. The molecule has 0 aliphatic heterocycles. The van der Waals surface area contributed by atoms with Gasteiger partial charge in [0.2, 0.25) is 5.82 Å². The van der Waals surface area contributed by atoms with E-state index in [1.807, 2.05) is 0 Å². The zero-order valence-corrected chi connectivity index (χ0v) is 12.7. The molecular formula is C14H18N4O4. The highest BCUT2D eigenvalue weighted by atomic mass is 16.6. The summed E-state index contributed by atoms with van der Waals surface area (Å²) >= 11 is 0. The standard InChI is InChI=1S/C14H18N4O4/c1-14(2,3)22-13(19)16-7-5-4-6-10-8-11(18(20)21)12(15)17-9-10/h8-9H,5,7H2,1-3H3,(H2,15,17)(H,16,19). The number of hydrogen-bond donors (Lipinski definition) is 2. The van der Waals surface area contributed by atoms with Gasteiger partial charge in [-0.15, -0.1) is 0 Å². The highest BCUT2D eigenvalue weighted by molar-refractivity contribution is 5.67. The van der Waals surface area contributed by atoms with Gasteiger partial charge in [-0.25, -0.2) is 9.78 Å². The second-order valence-corrected chi connectivity index (χ2v) is 5.37. The number of rotatable bonds is 3. The molecular weight excluding hydrogens is 288 g/mol. The van der Waals surface area contributed by atoms with E-state index >= 15 is 0 Å². The number of nitro groups is 1. The van der Waals surface area contributed by atoms with Crippen LogP contribution >= 0.6 is 0 Å². The first-order valence-corrected chi connectivity index (χ1v) is 6.54. The second-order valence-electron chi connectivity index (χ2n) is 5.37. The largest absolute Gasteiger partial charge is 0.444 e. The average molecular weight is 306 g/mol. The van der Waals surface area contributed by atoms with Gasteiger partial charge < -0.3 is 15.8 Å². The number of ether oxygens (including phenoxy) is 1. The van der Waals surface area contributed by atoms with Crippen LogP contribution in [0.5, 0.6) is 0 Å². The maximum Gasteiger partial charge on any atom is 0.407 e. The molecule has 1 aromatic heterocycles. The van der Waals surface area contributed by atoms with Crippen LogP contribution in [0.1, 0.15) is 32.8 Å². The fraction of sp³-hybridized carbons (Fsp3) is 0.429. The quantitative estimate of drug-likeness (QED) is 0.380. The Hall–Kier alpha value is -2.82. The van der Waals surface area contributed by atoms with Crippen molar-refractivity contribution in [1.29, 1.82) is 0 Å². The summed E-state index contributed by atoms with van der Waals surface area (Å²) in [4.78, 5) is 25.2. The number of carbonyl (C=O) groups is 1. The summed E-state index contributed by atoms with van der Waals surface area (Å²) in [5, 5.41) is 13.3. The molecule has 0 aromatic carbocycles. The number of alkyl carbamates (subject to hydrolysis) is 1. The third-order valence-electron chi connectivity index (χ3n) is 2.25. The monoisotopic (exact) mass is 306 g/mol. The van der Waals surface area contributed by atoms with Crippen LogP contribution in [-0.2, 0) is 4.74 Å². The van der Waals surface area contributed by atoms with Crippen molar-refractivity contribution in [3.05, 3.63) is 27.9 Å². The molecule has 1 heterocycles. The van der Waals surface area contributed by atoms with Crippen molar-refractivity contribution in [2.45, 2.75) is 32.8 Å². The Morgan fingerprint density at radius 1 is 1.55 bits per heavy atom. The van der Waals surface area contributed by atoms with Gasteiger partial charge in [0.15, 0.2) is 0 Å². The van der Waals surface area contributed by atoms with Gasteiger partial charge in [0, 0.05) is 30.8 Å². The van der Waals surface area contributed by atoms with Gasteiger partial charge in [-0.2, -0.15) is 0 Å². The molecule has 8 nitrogen and oxygen atoms in total. The number of nitrogens with one attached hydrogen (secondary N) is 1. The van der Waals surface area contributed by atoms with Crippen LogP contribution < -0.4 is 11.1 Å². The number of nitrogens with zero attached hydrogens (tertiary/aromatic N) is 2. The van der Waals surface area contributed by atoms with Crippen LogP contribution in [0.15, 0.2) is 12.3 Å². The molecule has 0 saturated heterocycles. The Labute approximate surface area is 128 Å². The van der Waals surface area contributed by atoms with E-state index in [9.17, 15) is 14.9 Å². The van der Waals surface area contributed by atoms with Gasteiger partial charge in [-0.1, -0.05) is 11.8 Å². The zero-order chi connectivity index (χ0) is 16.8. The third-order valence-corrected chi connectivity index (χ3v) is 2.25. The highest BCUT2D eigenvalue weighted by Crippen LogP contribution is 2.18. The number of aromatic nitrogens is 1. The van der Waals surface area contributed by atoms with Gasteiger partial charge in [-0.3, -0.25) is 10.1 Å². The molecule has 0 fully saturated rings. The highest BCUT2D eigenvalue weighted by Gasteiger charge is 2.15. The van der Waals surface area contributed by atoms with Crippen molar-refractivity contribution in [2.75, 3.05) is 12.3 Å². The SMILES string of the molecule is CC(C)(C)OC(=O)NCCC#Cc1cnc(N)c([N+](=O)[O-])c1. The van der Waals surface area contributed by atoms with Gasteiger partial charge in [0.1, 0.15) is 5.60 Å². The normalized spacial score (nSPS) is 10.3. The number of nitrogen functional groups attached to an aromatic ring is 1. The molecule has 1 rings (SSSR count). The number of pyridine rings is 1. The van der Waals surface area contributed by atoms with Crippen molar-refractivity contribution in [3.63, 3.8) is 0 Å². The lowest BCUT2D eigenvalue weighted by molar-refractivity contribution is -0.384. The number of amides is 1. The van der Waals surface area contributed by atoms with Gasteiger partial charge in [0.05, 0.1) is 4.92 Å². The fourth-order valence-electron chi connectivity index (χ4n) is 1.38. The Morgan fingerprint density at radius 3 is 2.82 bits per heavy atom. The van der Waals surface area contributed by atoms with Gasteiger partial charge >= 0.3 is 11.8 Å². The lowest BCUT2D eigenvalue weighted by Gasteiger charge is -2.19.